The minimum Gasteiger partial charge on any atom is -0.475 e. The number of hydrogen-bond donors (Lipinski definition) is 0. The Bertz CT molecular complexity index is 339. The fourth-order valence-electron chi connectivity index (χ4n) is 2.67. The highest BCUT2D eigenvalue weighted by molar-refractivity contribution is 6.19. The molecule has 0 amide bonds. The van der Waals surface area contributed by atoms with Gasteiger partial charge in [-0.25, -0.2) is 0 Å². The van der Waals surface area contributed by atoms with Crippen molar-refractivity contribution in [1.82, 2.24) is 0 Å². The highest BCUT2D eigenvalue weighted by Crippen LogP contribution is 2.18. The lowest BCUT2D eigenvalue weighted by Crippen LogP contribution is -2.08. The Morgan fingerprint density at radius 1 is 0.773 bits per heavy atom. The fourth-order valence-corrected chi connectivity index (χ4v) is 2.93. The van der Waals surface area contributed by atoms with Crippen LogP contribution in [0.3, 0.4) is 0 Å². The van der Waals surface area contributed by atoms with Gasteiger partial charge in [0.1, 0.15) is 5.75 Å². The maximum absolute atomic E-state index is 6.22. The number of alkyl halides is 1. The van der Waals surface area contributed by atoms with Crippen LogP contribution < -0.4 is 4.74 Å². The summed E-state index contributed by atoms with van der Waals surface area (Å²) in [5.74, 6) is 0.866. The molecule has 0 aliphatic rings. The van der Waals surface area contributed by atoms with Gasteiger partial charge in [-0.15, -0.1) is 0 Å². The third-order valence-electron chi connectivity index (χ3n) is 4.04. The van der Waals surface area contributed by atoms with Gasteiger partial charge in [-0.2, -0.15) is 0 Å². The summed E-state index contributed by atoms with van der Waals surface area (Å²) >= 11 is 6.22. The van der Waals surface area contributed by atoms with Crippen LogP contribution in [0.15, 0.2) is 30.3 Å². The number of unbranched alkanes of at least 4 members (excludes halogenated alkanes) is 10. The van der Waals surface area contributed by atoms with Gasteiger partial charge < -0.3 is 4.74 Å². The predicted octanol–water partition coefficient (Wildman–Crippen LogP) is 7.33. The highest BCUT2D eigenvalue weighted by Gasteiger charge is 2.05. The molecule has 1 aromatic rings. The molecular weight excluding hydrogens is 292 g/mol. The van der Waals surface area contributed by atoms with Crippen molar-refractivity contribution >= 4 is 11.6 Å². The Morgan fingerprint density at radius 3 is 1.82 bits per heavy atom. The van der Waals surface area contributed by atoms with E-state index in [2.05, 4.69) is 6.92 Å². The predicted molar refractivity (Wildman–Crippen MR) is 97.8 cm³/mol. The van der Waals surface area contributed by atoms with Crippen LogP contribution in [0.1, 0.15) is 84.0 Å². The third kappa shape index (κ3) is 11.0. The Kier molecular flexibility index (Phi) is 12.3. The average molecular weight is 325 g/mol. The standard InChI is InChI=1S/C20H33ClO/c1-2-3-4-5-6-7-8-9-10-11-15-18-20(21)22-19-16-13-12-14-17-19/h12-14,16-17,20H,2-11,15,18H2,1H3. The lowest BCUT2D eigenvalue weighted by Gasteiger charge is -2.12. The van der Waals surface area contributed by atoms with E-state index in [1.54, 1.807) is 0 Å². The molecule has 1 nitrogen and oxygen atoms in total. The van der Waals surface area contributed by atoms with Crippen LogP contribution in [-0.4, -0.2) is 5.56 Å². The van der Waals surface area contributed by atoms with E-state index in [-0.39, 0.29) is 5.56 Å². The maximum atomic E-state index is 6.22. The number of hydrogen-bond acceptors (Lipinski definition) is 1. The van der Waals surface area contributed by atoms with Crippen LogP contribution in [0.2, 0.25) is 0 Å². The molecule has 0 bridgehead atoms. The van der Waals surface area contributed by atoms with Gasteiger partial charge in [0.15, 0.2) is 5.56 Å². The quantitative estimate of drug-likeness (QED) is 0.257. The first-order valence-electron chi connectivity index (χ1n) is 9.18. The molecule has 1 unspecified atom stereocenters. The zero-order chi connectivity index (χ0) is 15.9. The molecule has 0 radical (unpaired) electrons. The van der Waals surface area contributed by atoms with E-state index >= 15 is 0 Å². The topological polar surface area (TPSA) is 9.23 Å². The molecule has 0 aromatic heterocycles. The van der Waals surface area contributed by atoms with E-state index < -0.39 is 0 Å². The Hall–Kier alpha value is -0.690. The van der Waals surface area contributed by atoms with Crippen molar-refractivity contribution in [1.29, 1.82) is 0 Å². The van der Waals surface area contributed by atoms with Crippen LogP contribution >= 0.6 is 11.6 Å². The zero-order valence-electron chi connectivity index (χ0n) is 14.2. The molecule has 126 valence electrons. The van der Waals surface area contributed by atoms with Gasteiger partial charge in [-0.1, -0.05) is 101 Å². The molecule has 2 heteroatoms. The van der Waals surface area contributed by atoms with Gasteiger partial charge in [0, 0.05) is 0 Å². The zero-order valence-corrected chi connectivity index (χ0v) is 15.0. The van der Waals surface area contributed by atoms with Crippen molar-refractivity contribution in [3.63, 3.8) is 0 Å². The van der Waals surface area contributed by atoms with Crippen molar-refractivity contribution in [3.05, 3.63) is 30.3 Å². The van der Waals surface area contributed by atoms with Crippen LogP contribution in [0.25, 0.3) is 0 Å². The lowest BCUT2D eigenvalue weighted by atomic mass is 10.1. The SMILES string of the molecule is CCCCCCCCCCCCCC(Cl)Oc1ccccc1. The van der Waals surface area contributed by atoms with E-state index in [1.807, 2.05) is 30.3 Å². The number of benzene rings is 1. The second-order valence-electron chi connectivity index (χ2n) is 6.17. The van der Waals surface area contributed by atoms with Gasteiger partial charge in [-0.3, -0.25) is 0 Å². The first-order chi connectivity index (χ1) is 10.8. The average Bonchev–Trinajstić information content (AvgIpc) is 2.53. The van der Waals surface area contributed by atoms with Crippen molar-refractivity contribution in [2.45, 2.75) is 89.5 Å². The molecule has 22 heavy (non-hydrogen) atoms. The van der Waals surface area contributed by atoms with Crippen molar-refractivity contribution in [3.8, 4) is 5.75 Å². The molecule has 0 N–H and O–H groups in total. The van der Waals surface area contributed by atoms with E-state index in [9.17, 15) is 0 Å². The summed E-state index contributed by atoms with van der Waals surface area (Å²) < 4.78 is 5.67. The lowest BCUT2D eigenvalue weighted by molar-refractivity contribution is 0.264. The minimum atomic E-state index is -0.194. The molecule has 0 saturated heterocycles. The summed E-state index contributed by atoms with van der Waals surface area (Å²) in [7, 11) is 0. The van der Waals surface area contributed by atoms with Gasteiger partial charge in [-0.05, 0) is 25.0 Å². The summed E-state index contributed by atoms with van der Waals surface area (Å²) in [4.78, 5) is 0. The van der Waals surface area contributed by atoms with Crippen molar-refractivity contribution in [2.75, 3.05) is 0 Å². The van der Waals surface area contributed by atoms with E-state index in [0.717, 1.165) is 18.6 Å². The normalized spacial score (nSPS) is 12.3. The van der Waals surface area contributed by atoms with Gasteiger partial charge in [0.25, 0.3) is 0 Å². The van der Waals surface area contributed by atoms with Gasteiger partial charge in [0.2, 0.25) is 0 Å². The van der Waals surface area contributed by atoms with Crippen molar-refractivity contribution in [2.24, 2.45) is 0 Å². The maximum Gasteiger partial charge on any atom is 0.172 e. The van der Waals surface area contributed by atoms with Crippen LogP contribution in [-0.2, 0) is 0 Å². The molecule has 1 rings (SSSR count). The van der Waals surface area contributed by atoms with E-state index in [4.69, 9.17) is 16.3 Å². The summed E-state index contributed by atoms with van der Waals surface area (Å²) in [6.45, 7) is 2.27. The molecule has 0 heterocycles. The first-order valence-corrected chi connectivity index (χ1v) is 9.62. The summed E-state index contributed by atoms with van der Waals surface area (Å²) in [5.41, 5.74) is -0.194. The second-order valence-corrected chi connectivity index (χ2v) is 6.65. The highest BCUT2D eigenvalue weighted by atomic mass is 35.5. The fraction of sp³-hybridized carbons (Fsp3) is 0.700. The second kappa shape index (κ2) is 13.9. The number of ether oxygens (including phenoxy) is 1. The Morgan fingerprint density at radius 2 is 1.27 bits per heavy atom. The molecular formula is C20H33ClO. The van der Waals surface area contributed by atoms with Crippen LogP contribution in [0.4, 0.5) is 0 Å². The van der Waals surface area contributed by atoms with E-state index in [0.29, 0.717) is 0 Å². The van der Waals surface area contributed by atoms with Crippen LogP contribution in [0, 0.1) is 0 Å². The molecule has 0 aliphatic heterocycles. The Labute approximate surface area is 142 Å². The molecule has 0 saturated carbocycles. The molecule has 1 atom stereocenters. The smallest absolute Gasteiger partial charge is 0.172 e. The largest absolute Gasteiger partial charge is 0.475 e. The minimum absolute atomic E-state index is 0.194. The summed E-state index contributed by atoms with van der Waals surface area (Å²) in [6, 6.07) is 9.84. The first kappa shape index (κ1) is 19.4. The number of halogens is 1. The van der Waals surface area contributed by atoms with Gasteiger partial charge in [0.05, 0.1) is 0 Å². The molecule has 0 aliphatic carbocycles. The molecule has 1 aromatic carbocycles. The van der Waals surface area contributed by atoms with E-state index in [1.165, 1.54) is 64.2 Å². The molecule has 0 fully saturated rings. The third-order valence-corrected chi connectivity index (χ3v) is 4.35. The Balaban J connectivity index is 1.85. The van der Waals surface area contributed by atoms with Crippen LogP contribution in [0.5, 0.6) is 5.75 Å². The summed E-state index contributed by atoms with van der Waals surface area (Å²) in [6.07, 6.45) is 15.9. The summed E-state index contributed by atoms with van der Waals surface area (Å²) in [5, 5.41) is 0. The molecule has 0 spiro atoms. The van der Waals surface area contributed by atoms with Gasteiger partial charge >= 0.3 is 0 Å². The van der Waals surface area contributed by atoms with Crippen molar-refractivity contribution < 1.29 is 4.74 Å². The number of rotatable bonds is 14. The number of para-hydroxylation sites is 1. The monoisotopic (exact) mass is 324 g/mol.